The van der Waals surface area contributed by atoms with Crippen LogP contribution in [0.1, 0.15) is 25.0 Å². The van der Waals surface area contributed by atoms with E-state index in [1.54, 1.807) is 7.11 Å². The van der Waals surface area contributed by atoms with Gasteiger partial charge in [0.15, 0.2) is 0 Å². The summed E-state index contributed by atoms with van der Waals surface area (Å²) < 4.78 is 18.7. The van der Waals surface area contributed by atoms with E-state index in [0.717, 1.165) is 12.1 Å². The van der Waals surface area contributed by atoms with Gasteiger partial charge in [-0.1, -0.05) is 18.8 Å². The second kappa shape index (κ2) is 8.70. The average molecular weight is 279 g/mol. The zero-order chi connectivity index (χ0) is 15.0. The molecule has 0 aromatic heterocycles. The van der Waals surface area contributed by atoms with E-state index in [4.69, 9.17) is 9.84 Å². The number of aliphatic hydroxyl groups excluding tert-OH is 1. The Bertz CT molecular complexity index is 479. The number of halogens is 1. The van der Waals surface area contributed by atoms with Crippen molar-refractivity contribution in [1.82, 2.24) is 4.90 Å². The Kier molecular flexibility index (Phi) is 7.24. The molecule has 1 atom stereocenters. The maximum Gasteiger partial charge on any atom is 0.124 e. The summed E-state index contributed by atoms with van der Waals surface area (Å²) in [7, 11) is 1.68. The van der Waals surface area contributed by atoms with Crippen LogP contribution in [0.3, 0.4) is 0 Å². The SMILES string of the molecule is CCN(Cc1cc(F)cc(C#CCO)c1)C(C)COC. The Balaban J connectivity index is 2.87. The minimum Gasteiger partial charge on any atom is -0.384 e. The fraction of sp³-hybridized carbons (Fsp3) is 0.500. The topological polar surface area (TPSA) is 32.7 Å². The van der Waals surface area contributed by atoms with E-state index in [2.05, 4.69) is 30.6 Å². The predicted molar refractivity (Wildman–Crippen MR) is 77.8 cm³/mol. The molecule has 1 aromatic rings. The minimum atomic E-state index is -0.305. The molecule has 20 heavy (non-hydrogen) atoms. The molecule has 1 aromatic carbocycles. The lowest BCUT2D eigenvalue weighted by atomic mass is 10.1. The molecule has 0 aliphatic carbocycles. The van der Waals surface area contributed by atoms with Crippen molar-refractivity contribution < 1.29 is 14.2 Å². The third kappa shape index (κ3) is 5.30. The van der Waals surface area contributed by atoms with Crippen molar-refractivity contribution in [3.8, 4) is 11.8 Å². The zero-order valence-electron chi connectivity index (χ0n) is 12.3. The molecule has 0 spiro atoms. The van der Waals surface area contributed by atoms with Crippen LogP contribution in [0.4, 0.5) is 4.39 Å². The molecule has 0 heterocycles. The summed E-state index contributed by atoms with van der Waals surface area (Å²) in [6, 6.07) is 5.02. The molecule has 0 aliphatic heterocycles. The Labute approximate surface area is 120 Å². The minimum absolute atomic E-state index is 0.224. The fourth-order valence-electron chi connectivity index (χ4n) is 2.12. The molecule has 3 nitrogen and oxygen atoms in total. The highest BCUT2D eigenvalue weighted by atomic mass is 19.1. The van der Waals surface area contributed by atoms with Crippen molar-refractivity contribution in [2.24, 2.45) is 0 Å². The second-order valence-electron chi connectivity index (χ2n) is 4.68. The maximum atomic E-state index is 13.6. The van der Waals surface area contributed by atoms with E-state index in [1.165, 1.54) is 12.1 Å². The van der Waals surface area contributed by atoms with Crippen LogP contribution in [-0.2, 0) is 11.3 Å². The Morgan fingerprint density at radius 2 is 2.15 bits per heavy atom. The molecule has 0 fully saturated rings. The van der Waals surface area contributed by atoms with Crippen LogP contribution >= 0.6 is 0 Å². The predicted octanol–water partition coefficient (Wildman–Crippen LogP) is 2.03. The molecule has 1 rings (SSSR count). The number of ether oxygens (including phenoxy) is 1. The van der Waals surface area contributed by atoms with E-state index < -0.39 is 0 Å². The number of benzene rings is 1. The first kappa shape index (κ1) is 16.6. The number of hydrogen-bond donors (Lipinski definition) is 1. The largest absolute Gasteiger partial charge is 0.384 e. The first-order valence-corrected chi connectivity index (χ1v) is 6.72. The molecule has 110 valence electrons. The van der Waals surface area contributed by atoms with Crippen molar-refractivity contribution in [3.63, 3.8) is 0 Å². The van der Waals surface area contributed by atoms with Gasteiger partial charge < -0.3 is 9.84 Å². The van der Waals surface area contributed by atoms with Crippen molar-refractivity contribution in [3.05, 3.63) is 35.1 Å². The molecule has 0 saturated heterocycles. The van der Waals surface area contributed by atoms with Gasteiger partial charge in [-0.2, -0.15) is 0 Å². The highest BCUT2D eigenvalue weighted by Crippen LogP contribution is 2.13. The van der Waals surface area contributed by atoms with Gasteiger partial charge in [0, 0.05) is 25.3 Å². The lowest BCUT2D eigenvalue weighted by Gasteiger charge is -2.27. The van der Waals surface area contributed by atoms with Crippen LogP contribution in [0.2, 0.25) is 0 Å². The first-order chi connectivity index (χ1) is 9.60. The molecule has 0 aliphatic rings. The van der Waals surface area contributed by atoms with Crippen LogP contribution in [0.5, 0.6) is 0 Å². The smallest absolute Gasteiger partial charge is 0.124 e. The summed E-state index contributed by atoms with van der Waals surface area (Å²) in [6.07, 6.45) is 0. The molecule has 1 N–H and O–H groups in total. The summed E-state index contributed by atoms with van der Waals surface area (Å²) in [6.45, 7) is 6.07. The van der Waals surface area contributed by atoms with Gasteiger partial charge in [-0.3, -0.25) is 4.90 Å². The molecular formula is C16H22FNO2. The van der Waals surface area contributed by atoms with Gasteiger partial charge in [0.25, 0.3) is 0 Å². The lowest BCUT2D eigenvalue weighted by molar-refractivity contribution is 0.0981. The normalized spacial score (nSPS) is 12.1. The number of nitrogens with zero attached hydrogens (tertiary/aromatic N) is 1. The summed E-state index contributed by atoms with van der Waals surface area (Å²) in [4.78, 5) is 2.21. The zero-order valence-corrected chi connectivity index (χ0v) is 12.3. The van der Waals surface area contributed by atoms with Crippen molar-refractivity contribution in [2.75, 3.05) is 26.9 Å². The van der Waals surface area contributed by atoms with E-state index in [-0.39, 0.29) is 18.5 Å². The van der Waals surface area contributed by atoms with Gasteiger partial charge in [-0.25, -0.2) is 4.39 Å². The molecule has 0 amide bonds. The molecule has 0 bridgehead atoms. The van der Waals surface area contributed by atoms with Crippen LogP contribution in [-0.4, -0.2) is 42.9 Å². The first-order valence-electron chi connectivity index (χ1n) is 6.72. The van der Waals surface area contributed by atoms with Gasteiger partial charge in [-0.05, 0) is 37.2 Å². The lowest BCUT2D eigenvalue weighted by Crippen LogP contribution is -2.35. The summed E-state index contributed by atoms with van der Waals surface area (Å²) in [5.74, 6) is 4.97. The van der Waals surface area contributed by atoms with Gasteiger partial charge in [0.2, 0.25) is 0 Å². The summed E-state index contributed by atoms with van der Waals surface area (Å²) in [5.41, 5.74) is 1.46. The number of aliphatic hydroxyl groups is 1. The van der Waals surface area contributed by atoms with E-state index in [9.17, 15) is 4.39 Å². The van der Waals surface area contributed by atoms with Gasteiger partial charge >= 0.3 is 0 Å². The van der Waals surface area contributed by atoms with Crippen molar-refractivity contribution >= 4 is 0 Å². The molecule has 1 unspecified atom stereocenters. The fourth-order valence-corrected chi connectivity index (χ4v) is 2.12. The van der Waals surface area contributed by atoms with Crippen LogP contribution in [0.15, 0.2) is 18.2 Å². The van der Waals surface area contributed by atoms with Gasteiger partial charge in [-0.15, -0.1) is 0 Å². The third-order valence-electron chi connectivity index (χ3n) is 3.09. The Morgan fingerprint density at radius 3 is 2.75 bits per heavy atom. The summed E-state index contributed by atoms with van der Waals surface area (Å²) in [5, 5.41) is 8.69. The van der Waals surface area contributed by atoms with Gasteiger partial charge in [0.1, 0.15) is 12.4 Å². The number of hydrogen-bond acceptors (Lipinski definition) is 3. The van der Waals surface area contributed by atoms with Crippen LogP contribution in [0, 0.1) is 17.7 Å². The Hall–Kier alpha value is -1.41. The average Bonchev–Trinajstić information content (AvgIpc) is 2.42. The third-order valence-corrected chi connectivity index (χ3v) is 3.09. The summed E-state index contributed by atoms with van der Waals surface area (Å²) >= 11 is 0. The van der Waals surface area contributed by atoms with E-state index in [1.807, 2.05) is 6.07 Å². The second-order valence-corrected chi connectivity index (χ2v) is 4.68. The Morgan fingerprint density at radius 1 is 1.40 bits per heavy atom. The van der Waals surface area contributed by atoms with Crippen LogP contribution < -0.4 is 0 Å². The quantitative estimate of drug-likeness (QED) is 0.809. The van der Waals surface area contributed by atoms with E-state index in [0.29, 0.717) is 18.7 Å². The highest BCUT2D eigenvalue weighted by molar-refractivity contribution is 5.37. The number of methoxy groups -OCH3 is 1. The van der Waals surface area contributed by atoms with Gasteiger partial charge in [0.05, 0.1) is 6.61 Å². The number of rotatable bonds is 6. The maximum absolute atomic E-state index is 13.6. The standard InChI is InChI=1S/C16H22FNO2/c1-4-18(13(2)12-20-3)11-15-8-14(6-5-7-19)9-16(17)10-15/h8-10,13,19H,4,7,11-12H2,1-3H3. The molecule has 0 radical (unpaired) electrons. The molecule has 0 saturated carbocycles. The number of likely N-dealkylation sites (N-methyl/N-ethyl adjacent to an activating group) is 1. The monoisotopic (exact) mass is 279 g/mol. The van der Waals surface area contributed by atoms with E-state index >= 15 is 0 Å². The van der Waals surface area contributed by atoms with Crippen molar-refractivity contribution in [2.45, 2.75) is 26.4 Å². The molecular weight excluding hydrogens is 257 g/mol. The van der Waals surface area contributed by atoms with Crippen molar-refractivity contribution in [1.29, 1.82) is 0 Å². The highest BCUT2D eigenvalue weighted by Gasteiger charge is 2.13. The molecule has 4 heteroatoms. The van der Waals surface area contributed by atoms with Crippen LogP contribution in [0.25, 0.3) is 0 Å².